The van der Waals surface area contributed by atoms with Crippen LogP contribution in [0.1, 0.15) is 16.1 Å². The summed E-state index contributed by atoms with van der Waals surface area (Å²) in [6.45, 7) is 2.00. The van der Waals surface area contributed by atoms with E-state index in [2.05, 4.69) is 36.0 Å². The van der Waals surface area contributed by atoms with Crippen LogP contribution in [0, 0.1) is 6.92 Å². The van der Waals surface area contributed by atoms with Crippen LogP contribution in [-0.4, -0.2) is 44.9 Å². The summed E-state index contributed by atoms with van der Waals surface area (Å²) in [5.74, 6) is 2.93. The number of hydrogen-bond donors (Lipinski definition) is 3. The van der Waals surface area contributed by atoms with E-state index in [0.717, 1.165) is 16.8 Å². The van der Waals surface area contributed by atoms with Gasteiger partial charge in [0.1, 0.15) is 41.0 Å². The van der Waals surface area contributed by atoms with Crippen molar-refractivity contribution in [2.75, 3.05) is 30.2 Å². The normalized spacial score (nSPS) is 10.6. The van der Waals surface area contributed by atoms with Crippen molar-refractivity contribution in [1.82, 2.24) is 24.7 Å². The molecule has 0 aliphatic heterocycles. The van der Waals surface area contributed by atoms with E-state index in [4.69, 9.17) is 9.47 Å². The van der Waals surface area contributed by atoms with Gasteiger partial charge in [0.25, 0.3) is 5.91 Å². The molecule has 0 radical (unpaired) electrons. The molecule has 11 heteroatoms. The Morgan fingerprint density at radius 2 is 1.52 bits per heavy atom. The molecule has 5 rings (SSSR count). The first-order valence-corrected chi connectivity index (χ1v) is 12.4. The number of aryl methyl sites for hydroxylation is 2. The van der Waals surface area contributed by atoms with Crippen LogP contribution >= 0.6 is 0 Å². The lowest BCUT2D eigenvalue weighted by molar-refractivity contribution is 0.101. The van der Waals surface area contributed by atoms with Crippen LogP contribution in [0.5, 0.6) is 11.5 Å². The smallest absolute Gasteiger partial charge is 0.273 e. The molecule has 3 aromatic heterocycles. The maximum atomic E-state index is 13.1. The molecule has 0 aliphatic carbocycles. The number of aromatic nitrogens is 5. The zero-order valence-electron chi connectivity index (χ0n) is 22.5. The molecular weight excluding hydrogens is 508 g/mol. The van der Waals surface area contributed by atoms with Gasteiger partial charge < -0.3 is 25.4 Å². The number of anilines is 5. The second-order valence-corrected chi connectivity index (χ2v) is 8.89. The maximum absolute atomic E-state index is 13.1. The molecule has 1 amide bonds. The van der Waals surface area contributed by atoms with Crippen LogP contribution < -0.4 is 25.4 Å². The lowest BCUT2D eigenvalue weighted by Crippen LogP contribution is -2.15. The predicted molar refractivity (Wildman–Crippen MR) is 154 cm³/mol. The lowest BCUT2D eigenvalue weighted by Gasteiger charge is -2.10. The Hall–Kier alpha value is -5.45. The van der Waals surface area contributed by atoms with Crippen LogP contribution in [0.4, 0.5) is 28.8 Å². The number of nitrogens with zero attached hydrogens (tertiary/aromatic N) is 5. The van der Waals surface area contributed by atoms with E-state index >= 15 is 0 Å². The van der Waals surface area contributed by atoms with Gasteiger partial charge in [-0.25, -0.2) is 15.0 Å². The quantitative estimate of drug-likeness (QED) is 0.229. The SMILES string of the molecule is COc1ccc(OC)c(-c2cc(C(=O)Nc3ccc(Nc4cc(Nc5cc(C)ccn5)ncn4)cc3)n(C)n2)c1. The van der Waals surface area contributed by atoms with E-state index in [9.17, 15) is 4.79 Å². The fourth-order valence-corrected chi connectivity index (χ4v) is 4.04. The fourth-order valence-electron chi connectivity index (χ4n) is 4.04. The van der Waals surface area contributed by atoms with E-state index < -0.39 is 0 Å². The third kappa shape index (κ3) is 5.99. The summed E-state index contributed by atoms with van der Waals surface area (Å²) in [5, 5.41) is 13.9. The number of rotatable bonds is 9. The lowest BCUT2D eigenvalue weighted by atomic mass is 10.1. The predicted octanol–water partition coefficient (Wildman–Crippen LogP) is 5.34. The van der Waals surface area contributed by atoms with Crippen molar-refractivity contribution in [3.05, 3.63) is 90.5 Å². The molecular formula is C29H28N8O3. The first-order valence-electron chi connectivity index (χ1n) is 12.4. The van der Waals surface area contributed by atoms with Gasteiger partial charge in [0.15, 0.2) is 0 Å². The number of carbonyl (C=O) groups excluding carboxylic acids is 1. The molecule has 0 atom stereocenters. The van der Waals surface area contributed by atoms with Crippen molar-refractivity contribution in [3.8, 4) is 22.8 Å². The van der Waals surface area contributed by atoms with Crippen LogP contribution in [0.25, 0.3) is 11.3 Å². The highest BCUT2D eigenvalue weighted by molar-refractivity contribution is 6.03. The van der Waals surface area contributed by atoms with Crippen molar-refractivity contribution in [2.24, 2.45) is 7.05 Å². The van der Waals surface area contributed by atoms with E-state index in [1.807, 2.05) is 37.3 Å². The largest absolute Gasteiger partial charge is 0.497 e. The summed E-state index contributed by atoms with van der Waals surface area (Å²) in [4.78, 5) is 25.9. The van der Waals surface area contributed by atoms with Gasteiger partial charge in [0.2, 0.25) is 0 Å². The number of benzene rings is 2. The highest BCUT2D eigenvalue weighted by atomic mass is 16.5. The average Bonchev–Trinajstić information content (AvgIpc) is 3.35. The molecule has 11 nitrogen and oxygen atoms in total. The Bertz CT molecular complexity index is 1650. The number of nitrogens with one attached hydrogen (secondary N) is 3. The molecule has 2 aromatic carbocycles. The van der Waals surface area contributed by atoms with E-state index in [1.54, 1.807) is 63.9 Å². The van der Waals surface area contributed by atoms with Gasteiger partial charge in [-0.05, 0) is 73.2 Å². The van der Waals surface area contributed by atoms with Gasteiger partial charge in [-0.3, -0.25) is 9.48 Å². The summed E-state index contributed by atoms with van der Waals surface area (Å²) in [6.07, 6.45) is 3.21. The third-order valence-corrected chi connectivity index (χ3v) is 6.05. The molecule has 202 valence electrons. The monoisotopic (exact) mass is 536 g/mol. The van der Waals surface area contributed by atoms with Gasteiger partial charge in [-0.15, -0.1) is 0 Å². The Morgan fingerprint density at radius 3 is 2.25 bits per heavy atom. The minimum atomic E-state index is -0.292. The fraction of sp³-hybridized carbons (Fsp3) is 0.138. The van der Waals surface area contributed by atoms with E-state index in [-0.39, 0.29) is 5.91 Å². The standard InChI is InChI=1S/C29H28N8O3/c1-18-11-12-30-26(13-18)35-28-16-27(31-17-32-28)33-19-5-7-20(8-6-19)34-29(38)24-15-23(36-37(24)2)22-14-21(39-3)9-10-25(22)40-4/h5-17H,1-4H3,(H,34,38)(H2,30,31,32,33,35). The minimum Gasteiger partial charge on any atom is -0.497 e. The van der Waals surface area contributed by atoms with Crippen molar-refractivity contribution in [2.45, 2.75) is 6.92 Å². The Balaban J connectivity index is 1.25. The third-order valence-electron chi connectivity index (χ3n) is 6.05. The Kier molecular flexibility index (Phi) is 7.54. The van der Waals surface area contributed by atoms with Crippen LogP contribution in [-0.2, 0) is 7.05 Å². The maximum Gasteiger partial charge on any atom is 0.273 e. The molecule has 3 heterocycles. The number of amides is 1. The van der Waals surface area contributed by atoms with Gasteiger partial charge >= 0.3 is 0 Å². The summed E-state index contributed by atoms with van der Waals surface area (Å²) >= 11 is 0. The first-order chi connectivity index (χ1) is 19.4. The second-order valence-electron chi connectivity index (χ2n) is 8.89. The Labute approximate surface area is 231 Å². The number of hydrogen-bond acceptors (Lipinski definition) is 9. The van der Waals surface area contributed by atoms with Gasteiger partial charge in [-0.1, -0.05) is 0 Å². The summed E-state index contributed by atoms with van der Waals surface area (Å²) in [7, 11) is 4.90. The topological polar surface area (TPSA) is 128 Å². The summed E-state index contributed by atoms with van der Waals surface area (Å²) < 4.78 is 12.3. The Morgan fingerprint density at radius 1 is 0.800 bits per heavy atom. The molecule has 0 saturated heterocycles. The minimum absolute atomic E-state index is 0.292. The molecule has 0 aliphatic rings. The van der Waals surface area contributed by atoms with Crippen molar-refractivity contribution in [3.63, 3.8) is 0 Å². The van der Waals surface area contributed by atoms with Gasteiger partial charge in [-0.2, -0.15) is 5.10 Å². The van der Waals surface area contributed by atoms with Crippen LogP contribution in [0.3, 0.4) is 0 Å². The van der Waals surface area contributed by atoms with Crippen molar-refractivity contribution >= 4 is 34.7 Å². The first kappa shape index (κ1) is 26.2. The van der Waals surface area contributed by atoms with Crippen molar-refractivity contribution < 1.29 is 14.3 Å². The molecule has 5 aromatic rings. The molecule has 0 unspecified atom stereocenters. The number of pyridine rings is 1. The highest BCUT2D eigenvalue weighted by Crippen LogP contribution is 2.33. The van der Waals surface area contributed by atoms with Crippen molar-refractivity contribution in [1.29, 1.82) is 0 Å². The second kappa shape index (κ2) is 11.5. The van der Waals surface area contributed by atoms with E-state index in [1.165, 1.54) is 11.0 Å². The zero-order chi connectivity index (χ0) is 28.1. The average molecular weight is 537 g/mol. The summed E-state index contributed by atoms with van der Waals surface area (Å²) in [6, 6.07) is 20.1. The number of methoxy groups -OCH3 is 2. The zero-order valence-corrected chi connectivity index (χ0v) is 22.5. The van der Waals surface area contributed by atoms with Crippen LogP contribution in [0.15, 0.2) is 79.3 Å². The van der Waals surface area contributed by atoms with Crippen LogP contribution in [0.2, 0.25) is 0 Å². The highest BCUT2D eigenvalue weighted by Gasteiger charge is 2.17. The summed E-state index contributed by atoms with van der Waals surface area (Å²) in [5.41, 5.74) is 4.24. The van der Waals surface area contributed by atoms with Gasteiger partial charge in [0.05, 0.1) is 19.9 Å². The molecule has 3 N–H and O–H groups in total. The number of carbonyl (C=O) groups is 1. The number of ether oxygens (including phenoxy) is 2. The molecule has 0 fully saturated rings. The molecule has 0 bridgehead atoms. The van der Waals surface area contributed by atoms with Gasteiger partial charge in [0, 0.05) is 36.2 Å². The molecule has 40 heavy (non-hydrogen) atoms. The molecule has 0 spiro atoms. The van der Waals surface area contributed by atoms with E-state index in [0.29, 0.717) is 46.0 Å². The molecule has 0 saturated carbocycles.